The Balaban J connectivity index is 0.000000208. The van der Waals surface area contributed by atoms with E-state index in [1.54, 1.807) is 40.4 Å². The van der Waals surface area contributed by atoms with E-state index in [1.807, 2.05) is 71.9 Å². The molecule has 9 fully saturated rings. The van der Waals surface area contributed by atoms with Gasteiger partial charge in [-0.3, -0.25) is 38.9 Å². The minimum atomic E-state index is -5.10. The third-order valence-corrected chi connectivity index (χ3v) is 20.9. The monoisotopic (exact) mass is 1560 g/mol. The lowest BCUT2D eigenvalue weighted by Crippen LogP contribution is -2.50. The summed E-state index contributed by atoms with van der Waals surface area (Å²) in [6.45, 7) is 34.5. The number of piperidine rings is 3. The number of ether oxygens (including phenoxy) is 3. The lowest BCUT2D eigenvalue weighted by Gasteiger charge is -2.39. The van der Waals surface area contributed by atoms with Gasteiger partial charge in [-0.2, -0.15) is 14.4 Å². The third-order valence-electron chi connectivity index (χ3n) is 20.6. The number of carbonyl (C=O) groups is 9. The Bertz CT molecular complexity index is 3230. The lowest BCUT2D eigenvalue weighted by atomic mass is 10.0. The molecule has 0 unspecified atom stereocenters. The van der Waals surface area contributed by atoms with Gasteiger partial charge >= 0.3 is 36.4 Å². The van der Waals surface area contributed by atoms with Gasteiger partial charge < -0.3 is 52.6 Å². The first-order chi connectivity index (χ1) is 51.5. The van der Waals surface area contributed by atoms with Crippen molar-refractivity contribution in [2.75, 3.05) is 85.3 Å². The first-order valence-corrected chi connectivity index (χ1v) is 40.7. The van der Waals surface area contributed by atoms with E-state index in [2.05, 4.69) is 48.4 Å². The molecule has 9 heterocycles. The van der Waals surface area contributed by atoms with E-state index < -0.39 is 81.3 Å². The second-order valence-corrected chi connectivity index (χ2v) is 33.6. The van der Waals surface area contributed by atoms with Crippen LogP contribution in [-0.2, 0) is 69.2 Å². The van der Waals surface area contributed by atoms with Crippen molar-refractivity contribution < 1.29 is 104 Å². The number of unbranched alkanes of at least 4 members (excludes halogenated alkanes) is 4. The zero-order valence-electron chi connectivity index (χ0n) is 66.6. The highest BCUT2D eigenvalue weighted by molar-refractivity contribution is 7.80. The molecule has 34 nitrogen and oxygen atoms in total. The van der Waals surface area contributed by atoms with Crippen LogP contribution in [0.15, 0.2) is 30.3 Å². The van der Waals surface area contributed by atoms with Crippen molar-refractivity contribution in [1.29, 1.82) is 0 Å². The maximum absolute atomic E-state index is 12.9. The number of likely N-dealkylation sites (tertiary alicyclic amines) is 3. The van der Waals surface area contributed by atoms with Gasteiger partial charge in [0.1, 0.15) is 41.5 Å². The number of hydroxylamine groups is 9. The second kappa shape index (κ2) is 40.9. The number of hydrogen-bond acceptors (Lipinski definition) is 21. The van der Waals surface area contributed by atoms with E-state index in [4.69, 9.17) is 33.6 Å². The molecule has 0 spiro atoms. The fourth-order valence-corrected chi connectivity index (χ4v) is 15.4. The molecule has 1 aromatic carbocycles. The van der Waals surface area contributed by atoms with Crippen molar-refractivity contribution in [3.63, 3.8) is 0 Å². The molecule has 12 amide bonds. The largest absolute Gasteiger partial charge is 0.724 e. The van der Waals surface area contributed by atoms with E-state index in [0.29, 0.717) is 81.6 Å². The number of amides is 12. The molecule has 0 aliphatic carbocycles. The maximum Gasteiger partial charge on any atom is 0.410 e. The molecule has 9 aliphatic heterocycles. The molecular formula is C74H125N13O21S. The maximum atomic E-state index is 12.9. The number of quaternary nitrogens is 1. The highest BCUT2D eigenvalue weighted by Gasteiger charge is 2.51. The minimum absolute atomic E-state index is 0.0535. The minimum Gasteiger partial charge on any atom is -0.724 e. The molecular weight excluding hydrogens is 1440 g/mol. The Morgan fingerprint density at radius 1 is 0.486 bits per heavy atom. The smallest absolute Gasteiger partial charge is 0.410 e. The molecule has 9 saturated heterocycles. The van der Waals surface area contributed by atoms with Crippen LogP contribution in [0.25, 0.3) is 0 Å². The molecule has 0 saturated carbocycles. The summed E-state index contributed by atoms with van der Waals surface area (Å²) in [5, 5.41) is 12.3. The summed E-state index contributed by atoms with van der Waals surface area (Å²) in [6.07, 6.45) is 17.3. The number of fused-ring (bicyclic) bond motifs is 6. The molecule has 618 valence electrons. The van der Waals surface area contributed by atoms with Crippen LogP contribution >= 0.6 is 0 Å². The average Bonchev–Trinajstić information content (AvgIpc) is 1.64. The molecule has 9 aliphatic rings. The third kappa shape index (κ3) is 26.5. The second-order valence-electron chi connectivity index (χ2n) is 32.7. The number of urea groups is 3. The normalized spacial score (nSPS) is 23.9. The molecule has 0 radical (unpaired) electrons. The Morgan fingerprint density at radius 2 is 0.817 bits per heavy atom. The molecule has 109 heavy (non-hydrogen) atoms. The zero-order valence-corrected chi connectivity index (χ0v) is 67.4. The van der Waals surface area contributed by atoms with E-state index in [9.17, 15) is 61.3 Å². The quantitative estimate of drug-likeness (QED) is 0.0145. The van der Waals surface area contributed by atoms with Gasteiger partial charge in [0.05, 0.1) is 82.3 Å². The first-order valence-electron chi connectivity index (χ1n) is 39.4. The topological polar surface area (TPSA) is 370 Å². The SMILES string of the molecule is CC(C)(C)OC(=O)N1CCC[C@H]1CONC(=O)[C@@H]1CC[C@@H]2CN1C(=O)N2O.CC(C)(C)OC(=O)N1CCC[C@H]1CONC(=O)[C@@H]1CC[C@@H]2CN1C(=O)N2OCc1ccccc1.CC(C)(C)OC(=O)N1CCC[C@H]1CONC(=O)[C@@H]1CC[C@@H]2CN1C(=O)N2OS(=O)(=O)[O-].CCCC[N+](CCCC)(CCCC)CCCC. The van der Waals surface area contributed by atoms with E-state index >= 15 is 0 Å². The fraction of sp³-hybridized carbons (Fsp3) is 0.797. The number of hydrogen-bond donors (Lipinski definition) is 4. The lowest BCUT2D eigenvalue weighted by molar-refractivity contribution is -0.929. The van der Waals surface area contributed by atoms with Gasteiger partial charge in [0.15, 0.2) is 0 Å². The average molecular weight is 1560 g/mol. The molecule has 10 rings (SSSR count). The predicted molar refractivity (Wildman–Crippen MR) is 396 cm³/mol. The summed E-state index contributed by atoms with van der Waals surface area (Å²) in [6, 6.07) is 4.24. The van der Waals surface area contributed by atoms with Crippen LogP contribution < -0.4 is 16.4 Å². The summed E-state index contributed by atoms with van der Waals surface area (Å²) < 4.78 is 54.4. The van der Waals surface area contributed by atoms with E-state index in [1.165, 1.54) is 92.0 Å². The molecule has 35 heteroatoms. The number of nitrogens with one attached hydrogen (secondary N) is 3. The molecule has 0 aromatic heterocycles. The van der Waals surface area contributed by atoms with Crippen LogP contribution in [0.3, 0.4) is 0 Å². The molecule has 6 bridgehead atoms. The summed E-state index contributed by atoms with van der Waals surface area (Å²) in [4.78, 5) is 143. The summed E-state index contributed by atoms with van der Waals surface area (Å²) >= 11 is 0. The summed E-state index contributed by atoms with van der Waals surface area (Å²) in [7, 11) is -5.10. The van der Waals surface area contributed by atoms with Gasteiger partial charge in [0.2, 0.25) is 10.4 Å². The number of rotatable bonds is 29. The Labute approximate surface area is 643 Å². The van der Waals surface area contributed by atoms with Gasteiger partial charge in [-0.05, 0) is 171 Å². The first kappa shape index (κ1) is 89.1. The molecule has 1 aromatic rings. The highest BCUT2D eigenvalue weighted by atomic mass is 32.3. The van der Waals surface area contributed by atoms with Crippen molar-refractivity contribution in [2.45, 2.75) is 296 Å². The van der Waals surface area contributed by atoms with E-state index in [0.717, 1.165) is 42.6 Å². The van der Waals surface area contributed by atoms with Crippen molar-refractivity contribution >= 4 is 64.5 Å². The fourth-order valence-electron chi connectivity index (χ4n) is 15.0. The van der Waals surface area contributed by atoms with Crippen LogP contribution in [0.4, 0.5) is 28.8 Å². The van der Waals surface area contributed by atoms with Gasteiger partial charge in [-0.15, -0.1) is 0 Å². The zero-order chi connectivity index (χ0) is 80.0. The van der Waals surface area contributed by atoms with Gasteiger partial charge in [-0.25, -0.2) is 58.7 Å². The van der Waals surface area contributed by atoms with Crippen LogP contribution in [0, 0.1) is 0 Å². The number of nitrogens with zero attached hydrogens (tertiary/aromatic N) is 10. The van der Waals surface area contributed by atoms with Crippen molar-refractivity contribution in [3.05, 3.63) is 35.9 Å². The molecule has 4 N–H and O–H groups in total. The van der Waals surface area contributed by atoms with Crippen LogP contribution in [0.1, 0.15) is 224 Å². The standard InChI is InChI=1S/C24H34N4O6.C17H28N4O9S.C17H28N4O6.C16H36N/c1-24(2,3)34-23(31)26-13-7-10-19(26)16-32-25-21(29)20-12-11-18-14-27(20)22(30)28(18)33-15-17-8-5-4-6-9-17;1-17(2,3)29-16(24)19-8-4-5-12(19)10-28-18-14(22)13-7-6-11-9-20(13)15(23)21(11)30-31(25,26)27;1-17(2,3)27-16(24)19-8-4-5-12(19)10-26-18-14(22)13-7-6-11-9-20(13)15(23)21(11)25;1-5-9-13-17(14-10-6-2,15-11-7-3)16-12-8-4/h4-6,8-9,18-20H,7,10-16H2,1-3H3,(H,25,29);11-13H,4-10H2,1-3H3,(H,18,22)(H,25,26,27);11-13,25H,4-10H2,1-3H3,(H,18,22);5-16H2,1-4H3/q;;;+1/p-1/t18-,19+,20+;2*11-,12+,13+;/m111./s1. The number of carbonyl (C=O) groups excluding carboxylic acids is 9. The van der Waals surface area contributed by atoms with Crippen LogP contribution in [0.5, 0.6) is 0 Å². The molecule has 9 atom stereocenters. The number of benzene rings is 1. The summed E-state index contributed by atoms with van der Waals surface area (Å²) in [5.74, 6) is -1.36. The summed E-state index contributed by atoms with van der Waals surface area (Å²) in [5.41, 5.74) is 6.40. The van der Waals surface area contributed by atoms with E-state index in [-0.39, 0.29) is 93.5 Å². The van der Waals surface area contributed by atoms with Crippen LogP contribution in [0.2, 0.25) is 0 Å². The van der Waals surface area contributed by atoms with Crippen molar-refractivity contribution in [3.8, 4) is 0 Å². The Morgan fingerprint density at radius 3 is 1.17 bits per heavy atom. The Hall–Kier alpha value is -7.12. The van der Waals surface area contributed by atoms with Crippen LogP contribution in [-0.4, -0.2) is 278 Å². The van der Waals surface area contributed by atoms with Crippen molar-refractivity contribution in [1.82, 2.24) is 61.0 Å². The highest BCUT2D eigenvalue weighted by Crippen LogP contribution is 2.34. The van der Waals surface area contributed by atoms with Gasteiger partial charge in [0, 0.05) is 39.3 Å². The predicted octanol–water partition coefficient (Wildman–Crippen LogP) is 9.02. The Kier molecular flexibility index (Phi) is 33.4. The van der Waals surface area contributed by atoms with Gasteiger partial charge in [-0.1, -0.05) is 83.7 Å². The van der Waals surface area contributed by atoms with Crippen molar-refractivity contribution in [2.24, 2.45) is 0 Å². The van der Waals surface area contributed by atoms with Gasteiger partial charge in [0.25, 0.3) is 17.7 Å².